The summed E-state index contributed by atoms with van der Waals surface area (Å²) in [5.74, 6) is 0.253. The maximum absolute atomic E-state index is 11.6. The van der Waals surface area contributed by atoms with Crippen molar-refractivity contribution in [1.29, 1.82) is 0 Å². The van der Waals surface area contributed by atoms with E-state index in [1.165, 1.54) is 0 Å². The molecule has 0 fully saturated rings. The zero-order valence-electron chi connectivity index (χ0n) is 10.9. The first-order valence-electron chi connectivity index (χ1n) is 6.10. The number of rotatable bonds is 5. The zero-order valence-corrected chi connectivity index (χ0v) is 13.8. The van der Waals surface area contributed by atoms with Crippen molar-refractivity contribution in [3.8, 4) is 5.75 Å². The number of benzene rings is 2. The molecule has 0 spiro atoms. The van der Waals surface area contributed by atoms with Gasteiger partial charge in [-0.2, -0.15) is 5.10 Å². The molecule has 6 heteroatoms. The minimum absolute atomic E-state index is 0.106. The summed E-state index contributed by atoms with van der Waals surface area (Å²) in [7, 11) is 0. The van der Waals surface area contributed by atoms with E-state index in [0.29, 0.717) is 10.8 Å². The second-order valence-electron chi connectivity index (χ2n) is 4.06. The maximum atomic E-state index is 11.6. The fraction of sp³-hybridized carbons (Fsp3) is 0.0667. The molecule has 21 heavy (non-hydrogen) atoms. The molecule has 0 aliphatic heterocycles. The predicted octanol–water partition coefficient (Wildman–Crippen LogP) is 3.47. The van der Waals surface area contributed by atoms with E-state index in [9.17, 15) is 4.79 Å². The summed E-state index contributed by atoms with van der Waals surface area (Å²) in [6, 6.07) is 14.5. The standard InChI is InChI=1S/C15H12ClIN2O2/c16-12-5-7-13(8-6-12)21-10-15(20)19-18-9-11-3-1-2-4-14(11)17/h1-9H,10H2,(H,19,20). The molecule has 108 valence electrons. The SMILES string of the molecule is O=C(COc1ccc(Cl)cc1)NN=Cc1ccccc1I. The Bertz CT molecular complexity index is 644. The lowest BCUT2D eigenvalue weighted by Gasteiger charge is -2.04. The van der Waals surface area contributed by atoms with Crippen LogP contribution in [0.5, 0.6) is 5.75 Å². The van der Waals surface area contributed by atoms with Crippen LogP contribution in [0.1, 0.15) is 5.56 Å². The van der Waals surface area contributed by atoms with Crippen LogP contribution in [0.25, 0.3) is 0 Å². The van der Waals surface area contributed by atoms with Crippen LogP contribution < -0.4 is 10.2 Å². The van der Waals surface area contributed by atoms with Gasteiger partial charge in [0.05, 0.1) is 6.21 Å². The van der Waals surface area contributed by atoms with E-state index < -0.39 is 0 Å². The molecule has 0 unspecified atom stereocenters. The van der Waals surface area contributed by atoms with Gasteiger partial charge in [0, 0.05) is 14.2 Å². The molecule has 1 amide bonds. The first kappa shape index (κ1) is 15.8. The van der Waals surface area contributed by atoms with E-state index in [2.05, 4.69) is 33.1 Å². The molecular weight excluding hydrogens is 403 g/mol. The number of carbonyl (C=O) groups excluding carboxylic acids is 1. The van der Waals surface area contributed by atoms with Crippen molar-refractivity contribution in [2.24, 2.45) is 5.10 Å². The van der Waals surface area contributed by atoms with E-state index in [1.807, 2.05) is 24.3 Å². The predicted molar refractivity (Wildman–Crippen MR) is 91.8 cm³/mol. The highest BCUT2D eigenvalue weighted by Crippen LogP contribution is 2.15. The van der Waals surface area contributed by atoms with E-state index in [4.69, 9.17) is 16.3 Å². The van der Waals surface area contributed by atoms with E-state index in [0.717, 1.165) is 9.13 Å². The summed E-state index contributed by atoms with van der Waals surface area (Å²) in [6.45, 7) is -0.106. The van der Waals surface area contributed by atoms with E-state index >= 15 is 0 Å². The van der Waals surface area contributed by atoms with Crippen LogP contribution in [-0.4, -0.2) is 18.7 Å². The number of halogens is 2. The normalized spacial score (nSPS) is 10.6. The van der Waals surface area contributed by atoms with Crippen molar-refractivity contribution in [2.45, 2.75) is 0 Å². The molecule has 0 bridgehead atoms. The lowest BCUT2D eigenvalue weighted by Crippen LogP contribution is -2.24. The molecule has 0 saturated carbocycles. The molecule has 0 aromatic heterocycles. The molecule has 2 aromatic carbocycles. The molecule has 1 N–H and O–H groups in total. The number of hydrogen-bond acceptors (Lipinski definition) is 3. The van der Waals surface area contributed by atoms with Gasteiger partial charge in [0.1, 0.15) is 5.75 Å². The number of nitrogens with zero attached hydrogens (tertiary/aromatic N) is 1. The van der Waals surface area contributed by atoms with Crippen molar-refractivity contribution >= 4 is 46.3 Å². The topological polar surface area (TPSA) is 50.7 Å². The van der Waals surface area contributed by atoms with Gasteiger partial charge in [-0.15, -0.1) is 0 Å². The second kappa shape index (κ2) is 7.99. The van der Waals surface area contributed by atoms with Crippen molar-refractivity contribution in [2.75, 3.05) is 6.61 Å². The fourth-order valence-corrected chi connectivity index (χ4v) is 2.12. The molecule has 0 atom stereocenters. The number of hydrogen-bond donors (Lipinski definition) is 1. The number of carbonyl (C=O) groups is 1. The fourth-order valence-electron chi connectivity index (χ4n) is 1.47. The van der Waals surface area contributed by atoms with Crippen LogP contribution in [0.15, 0.2) is 53.6 Å². The van der Waals surface area contributed by atoms with E-state index in [-0.39, 0.29) is 12.5 Å². The molecule has 0 heterocycles. The summed E-state index contributed by atoms with van der Waals surface area (Å²) in [6.07, 6.45) is 1.60. The molecule has 4 nitrogen and oxygen atoms in total. The Morgan fingerprint density at radius 1 is 1.24 bits per heavy atom. The number of ether oxygens (including phenoxy) is 1. The van der Waals surface area contributed by atoms with Crippen LogP contribution in [0, 0.1) is 3.57 Å². The van der Waals surface area contributed by atoms with E-state index in [1.54, 1.807) is 30.5 Å². The Balaban J connectivity index is 1.80. The molecule has 0 aliphatic rings. The maximum Gasteiger partial charge on any atom is 0.277 e. The van der Waals surface area contributed by atoms with Crippen LogP contribution >= 0.6 is 34.2 Å². The summed E-state index contributed by atoms with van der Waals surface area (Å²) in [4.78, 5) is 11.6. The van der Waals surface area contributed by atoms with Gasteiger partial charge in [0.2, 0.25) is 0 Å². The first-order chi connectivity index (χ1) is 10.1. The molecule has 2 aromatic rings. The Kier molecular flexibility index (Phi) is 6.01. The van der Waals surface area contributed by atoms with Gasteiger partial charge < -0.3 is 4.74 Å². The zero-order chi connectivity index (χ0) is 15.1. The van der Waals surface area contributed by atoms with Crippen LogP contribution in [-0.2, 0) is 4.79 Å². The third-order valence-corrected chi connectivity index (χ3v) is 3.72. The largest absolute Gasteiger partial charge is 0.484 e. The number of hydrazone groups is 1. The highest BCUT2D eigenvalue weighted by molar-refractivity contribution is 14.1. The molecule has 2 rings (SSSR count). The number of amides is 1. The minimum atomic E-state index is -0.327. The summed E-state index contributed by atoms with van der Waals surface area (Å²) >= 11 is 7.96. The van der Waals surface area contributed by atoms with Gasteiger partial charge in [-0.25, -0.2) is 5.43 Å². The first-order valence-corrected chi connectivity index (χ1v) is 7.55. The summed E-state index contributed by atoms with van der Waals surface area (Å²) < 4.78 is 6.36. The summed E-state index contributed by atoms with van der Waals surface area (Å²) in [5, 5.41) is 4.52. The number of nitrogens with one attached hydrogen (secondary N) is 1. The van der Waals surface area contributed by atoms with Crippen LogP contribution in [0.3, 0.4) is 0 Å². The Morgan fingerprint density at radius 3 is 2.67 bits per heavy atom. The van der Waals surface area contributed by atoms with Gasteiger partial charge >= 0.3 is 0 Å². The quantitative estimate of drug-likeness (QED) is 0.463. The second-order valence-corrected chi connectivity index (χ2v) is 5.66. The van der Waals surface area contributed by atoms with Crippen molar-refractivity contribution < 1.29 is 9.53 Å². The molecule has 0 radical (unpaired) electrons. The smallest absolute Gasteiger partial charge is 0.277 e. The highest BCUT2D eigenvalue weighted by atomic mass is 127. The van der Waals surface area contributed by atoms with Crippen molar-refractivity contribution in [1.82, 2.24) is 5.43 Å². The van der Waals surface area contributed by atoms with Crippen molar-refractivity contribution in [3.05, 3.63) is 62.7 Å². The third kappa shape index (κ3) is 5.35. The Labute approximate surface area is 141 Å². The van der Waals surface area contributed by atoms with Crippen molar-refractivity contribution in [3.63, 3.8) is 0 Å². The molecular formula is C15H12ClIN2O2. The lowest BCUT2D eigenvalue weighted by atomic mass is 10.2. The van der Waals surface area contributed by atoms with Gasteiger partial charge in [0.15, 0.2) is 6.61 Å². The van der Waals surface area contributed by atoms with Crippen LogP contribution in [0.2, 0.25) is 5.02 Å². The van der Waals surface area contributed by atoms with Gasteiger partial charge in [-0.05, 0) is 52.9 Å². The van der Waals surface area contributed by atoms with Gasteiger partial charge in [-0.1, -0.05) is 29.8 Å². The average molecular weight is 415 g/mol. The average Bonchev–Trinajstić information content (AvgIpc) is 2.49. The monoisotopic (exact) mass is 414 g/mol. The molecule has 0 saturated heterocycles. The van der Waals surface area contributed by atoms with Gasteiger partial charge in [0.25, 0.3) is 5.91 Å². The Morgan fingerprint density at radius 2 is 1.95 bits per heavy atom. The molecule has 0 aliphatic carbocycles. The lowest BCUT2D eigenvalue weighted by molar-refractivity contribution is -0.123. The highest BCUT2D eigenvalue weighted by Gasteiger charge is 2.01. The Hall–Kier alpha value is -1.60. The minimum Gasteiger partial charge on any atom is -0.484 e. The summed E-state index contributed by atoms with van der Waals surface area (Å²) in [5.41, 5.74) is 3.36. The van der Waals surface area contributed by atoms with Gasteiger partial charge in [-0.3, -0.25) is 4.79 Å². The third-order valence-electron chi connectivity index (χ3n) is 2.48. The van der Waals surface area contributed by atoms with Crippen LogP contribution in [0.4, 0.5) is 0 Å².